The molecule has 0 aliphatic heterocycles. The molecule has 0 fully saturated rings. The van der Waals surface area contributed by atoms with Crippen molar-refractivity contribution in [3.8, 4) is 28.4 Å². The van der Waals surface area contributed by atoms with Crippen molar-refractivity contribution in [2.75, 3.05) is 0 Å². The summed E-state index contributed by atoms with van der Waals surface area (Å²) in [5, 5.41) is 11.1. The zero-order valence-electron chi connectivity index (χ0n) is 19.8. The third-order valence-corrected chi connectivity index (χ3v) is 5.62. The highest BCUT2D eigenvalue weighted by molar-refractivity contribution is 5.89. The molecule has 0 atom stereocenters. The minimum atomic E-state index is -0.697. The van der Waals surface area contributed by atoms with Gasteiger partial charge < -0.3 is 13.9 Å². The van der Waals surface area contributed by atoms with Crippen LogP contribution < -0.4 is 14.9 Å². The molecule has 0 saturated heterocycles. The summed E-state index contributed by atoms with van der Waals surface area (Å²) in [5.74, 6) is -0.0244. The van der Waals surface area contributed by atoms with Crippen LogP contribution in [0.1, 0.15) is 5.56 Å². The molecule has 0 saturated carbocycles. The molecule has 0 aliphatic carbocycles. The lowest BCUT2D eigenvalue weighted by molar-refractivity contribution is -0.384. The smallest absolute Gasteiger partial charge is 0.336 e. The molecule has 0 aliphatic rings. The lowest BCUT2D eigenvalue weighted by atomic mass is 10.1. The fraction of sp³-hybridized carbons (Fsp3) is 0. The van der Waals surface area contributed by atoms with Crippen molar-refractivity contribution in [2.24, 2.45) is 0 Å². The van der Waals surface area contributed by atoms with Crippen LogP contribution in [0.2, 0.25) is 0 Å². The Morgan fingerprint density at radius 1 is 0.842 bits per heavy atom. The number of carbonyl (C=O) groups is 1. The molecular formula is C30H19NO7. The number of carbonyl (C=O) groups excluding carboxylic acids is 1. The number of nitrogens with zero attached hydrogens (tertiary/aromatic N) is 1. The van der Waals surface area contributed by atoms with E-state index >= 15 is 0 Å². The molecule has 0 amide bonds. The lowest BCUT2D eigenvalue weighted by Gasteiger charge is -2.08. The van der Waals surface area contributed by atoms with E-state index in [-0.39, 0.29) is 33.6 Å². The highest BCUT2D eigenvalue weighted by atomic mass is 16.6. The fourth-order valence-corrected chi connectivity index (χ4v) is 3.75. The van der Waals surface area contributed by atoms with Crippen LogP contribution in [0.25, 0.3) is 28.2 Å². The van der Waals surface area contributed by atoms with Gasteiger partial charge in [-0.2, -0.15) is 0 Å². The Morgan fingerprint density at radius 3 is 2.34 bits per heavy atom. The molecule has 0 unspecified atom stereocenters. The second-order valence-corrected chi connectivity index (χ2v) is 8.19. The summed E-state index contributed by atoms with van der Waals surface area (Å²) in [6, 6.07) is 27.5. The SMILES string of the molecule is O=C(/C=C/c1cccc([N+](=O)[O-])c1)Oc1ccc2c(=O)c(Oc3ccc(-c4ccccc4)cc3)coc2c1. The van der Waals surface area contributed by atoms with Crippen molar-refractivity contribution in [2.45, 2.75) is 0 Å². The van der Waals surface area contributed by atoms with E-state index in [4.69, 9.17) is 13.9 Å². The fourth-order valence-electron chi connectivity index (χ4n) is 3.75. The number of nitro groups is 1. The van der Waals surface area contributed by atoms with E-state index < -0.39 is 10.9 Å². The average molecular weight is 505 g/mol. The van der Waals surface area contributed by atoms with E-state index in [0.717, 1.165) is 17.2 Å². The monoisotopic (exact) mass is 505 g/mol. The molecule has 5 aromatic rings. The van der Waals surface area contributed by atoms with E-state index in [1.54, 1.807) is 18.2 Å². The maximum absolute atomic E-state index is 12.9. The number of nitro benzene ring substituents is 1. The van der Waals surface area contributed by atoms with Crippen LogP contribution in [0.4, 0.5) is 5.69 Å². The van der Waals surface area contributed by atoms with Gasteiger partial charge in [-0.15, -0.1) is 0 Å². The van der Waals surface area contributed by atoms with Crippen LogP contribution in [0.5, 0.6) is 17.2 Å². The number of non-ortho nitro benzene ring substituents is 1. The zero-order chi connectivity index (χ0) is 26.5. The Balaban J connectivity index is 1.28. The molecule has 0 radical (unpaired) electrons. The molecule has 0 N–H and O–H groups in total. The normalized spacial score (nSPS) is 10.9. The van der Waals surface area contributed by atoms with Crippen LogP contribution in [-0.4, -0.2) is 10.9 Å². The van der Waals surface area contributed by atoms with Gasteiger partial charge in [0, 0.05) is 24.3 Å². The number of fused-ring (bicyclic) bond motifs is 1. The van der Waals surface area contributed by atoms with Gasteiger partial charge in [0.1, 0.15) is 23.3 Å². The molecule has 4 aromatic carbocycles. The molecule has 8 nitrogen and oxygen atoms in total. The number of benzene rings is 4. The number of esters is 1. The van der Waals surface area contributed by atoms with Crippen LogP contribution >= 0.6 is 0 Å². The Morgan fingerprint density at radius 2 is 1.58 bits per heavy atom. The standard InChI is InChI=1S/C30H19NO7/c32-29(16-9-20-5-4-8-23(17-20)31(34)35)38-25-14-15-26-27(18-25)36-19-28(30(26)33)37-24-12-10-22(11-13-24)21-6-2-1-3-7-21/h1-19H/b16-9+. The van der Waals surface area contributed by atoms with Crippen LogP contribution in [0.3, 0.4) is 0 Å². The Bertz CT molecular complexity index is 1720. The zero-order valence-corrected chi connectivity index (χ0v) is 19.8. The first-order valence-electron chi connectivity index (χ1n) is 11.5. The number of hydrogen-bond acceptors (Lipinski definition) is 7. The number of rotatable bonds is 7. The summed E-state index contributed by atoms with van der Waals surface area (Å²) >= 11 is 0. The largest absolute Gasteiger partial charge is 0.460 e. The molecule has 0 spiro atoms. The number of hydrogen-bond donors (Lipinski definition) is 0. The van der Waals surface area contributed by atoms with Crippen LogP contribution in [-0.2, 0) is 4.79 Å². The molecule has 1 aromatic heterocycles. The first kappa shape index (κ1) is 24.2. The lowest BCUT2D eigenvalue weighted by Crippen LogP contribution is -2.06. The highest BCUT2D eigenvalue weighted by Gasteiger charge is 2.12. The van der Waals surface area contributed by atoms with Gasteiger partial charge in [0.2, 0.25) is 11.2 Å². The van der Waals surface area contributed by atoms with E-state index in [2.05, 4.69) is 0 Å². The molecule has 0 bridgehead atoms. The quantitative estimate of drug-likeness (QED) is 0.0788. The molecule has 1 heterocycles. The third-order valence-electron chi connectivity index (χ3n) is 5.62. The van der Waals surface area contributed by atoms with Crippen LogP contribution in [0.15, 0.2) is 119 Å². The van der Waals surface area contributed by atoms with E-state index in [1.807, 2.05) is 42.5 Å². The van der Waals surface area contributed by atoms with Gasteiger partial charge in [-0.05, 0) is 47.0 Å². The summed E-state index contributed by atoms with van der Waals surface area (Å²) in [6.07, 6.45) is 3.77. The Hall–Kier alpha value is -5.50. The Kier molecular flexibility index (Phi) is 6.77. The van der Waals surface area contributed by atoms with E-state index in [0.29, 0.717) is 11.3 Å². The molecule has 186 valence electrons. The predicted octanol–water partition coefficient (Wildman–Crippen LogP) is 6.78. The van der Waals surface area contributed by atoms with Crippen molar-refractivity contribution < 1.29 is 23.6 Å². The van der Waals surface area contributed by atoms with E-state index in [1.165, 1.54) is 48.7 Å². The third kappa shape index (κ3) is 5.50. The van der Waals surface area contributed by atoms with E-state index in [9.17, 15) is 19.7 Å². The van der Waals surface area contributed by atoms with Crippen LogP contribution in [0, 0.1) is 10.1 Å². The first-order chi connectivity index (χ1) is 18.5. The molecule has 38 heavy (non-hydrogen) atoms. The van der Waals surface area contributed by atoms with Gasteiger partial charge in [0.05, 0.1) is 10.3 Å². The minimum absolute atomic E-state index is 0.0228. The van der Waals surface area contributed by atoms with Gasteiger partial charge >= 0.3 is 5.97 Å². The van der Waals surface area contributed by atoms with Gasteiger partial charge in [-0.25, -0.2) is 4.79 Å². The average Bonchev–Trinajstić information content (AvgIpc) is 2.94. The second-order valence-electron chi connectivity index (χ2n) is 8.19. The van der Waals surface area contributed by atoms with Crippen molar-refractivity contribution in [3.63, 3.8) is 0 Å². The summed E-state index contributed by atoms with van der Waals surface area (Å²) in [5.41, 5.74) is 2.32. The summed E-state index contributed by atoms with van der Waals surface area (Å²) in [6.45, 7) is 0. The second kappa shape index (κ2) is 10.6. The minimum Gasteiger partial charge on any atom is -0.460 e. The first-order valence-corrected chi connectivity index (χ1v) is 11.5. The Labute approximate surface area is 216 Å². The summed E-state index contributed by atoms with van der Waals surface area (Å²) < 4.78 is 16.6. The van der Waals surface area contributed by atoms with Crippen molar-refractivity contribution >= 4 is 28.7 Å². The number of ether oxygens (including phenoxy) is 2. The summed E-state index contributed by atoms with van der Waals surface area (Å²) in [4.78, 5) is 35.5. The van der Waals surface area contributed by atoms with Crippen molar-refractivity contribution in [1.29, 1.82) is 0 Å². The molecule has 8 heteroatoms. The highest BCUT2D eigenvalue weighted by Crippen LogP contribution is 2.27. The molecule has 5 rings (SSSR count). The summed E-state index contributed by atoms with van der Waals surface area (Å²) in [7, 11) is 0. The van der Waals surface area contributed by atoms with Gasteiger partial charge in [-0.3, -0.25) is 14.9 Å². The van der Waals surface area contributed by atoms with Gasteiger partial charge in [0.25, 0.3) is 5.69 Å². The van der Waals surface area contributed by atoms with Crippen molar-refractivity contribution in [3.05, 3.63) is 135 Å². The maximum Gasteiger partial charge on any atom is 0.336 e. The maximum atomic E-state index is 12.9. The predicted molar refractivity (Wildman–Crippen MR) is 142 cm³/mol. The topological polar surface area (TPSA) is 109 Å². The van der Waals surface area contributed by atoms with Gasteiger partial charge in [0.15, 0.2) is 0 Å². The van der Waals surface area contributed by atoms with Gasteiger partial charge in [-0.1, -0.05) is 54.6 Å². The van der Waals surface area contributed by atoms with Crippen molar-refractivity contribution in [1.82, 2.24) is 0 Å². The molecular weight excluding hydrogens is 486 g/mol.